The largest absolute Gasteiger partial charge is 0.345 e. The Morgan fingerprint density at radius 1 is 1.43 bits per heavy atom. The minimum Gasteiger partial charge on any atom is -0.345 e. The third kappa shape index (κ3) is 4.46. The highest BCUT2D eigenvalue weighted by Crippen LogP contribution is 2.22. The van der Waals surface area contributed by atoms with E-state index in [0.29, 0.717) is 25.1 Å². The lowest BCUT2D eigenvalue weighted by molar-refractivity contribution is -0.129. The molecule has 0 saturated heterocycles. The van der Waals surface area contributed by atoms with Gasteiger partial charge < -0.3 is 9.47 Å². The van der Waals surface area contributed by atoms with Crippen LogP contribution in [0.5, 0.6) is 0 Å². The maximum atomic E-state index is 11.9. The van der Waals surface area contributed by atoms with Crippen LogP contribution < -0.4 is 0 Å². The maximum Gasteiger partial charge on any atom is 0.223 e. The summed E-state index contributed by atoms with van der Waals surface area (Å²) >= 11 is 1.60. The van der Waals surface area contributed by atoms with Crippen molar-refractivity contribution in [2.24, 2.45) is 0 Å². The number of nitrogens with zero attached hydrogens (tertiary/aromatic N) is 5. The van der Waals surface area contributed by atoms with Crippen LogP contribution in [0.3, 0.4) is 0 Å². The molecule has 0 fully saturated rings. The van der Waals surface area contributed by atoms with E-state index < -0.39 is 0 Å². The van der Waals surface area contributed by atoms with Crippen LogP contribution in [0, 0.1) is 11.3 Å². The SMILES string of the molecule is CN(CCC#N)C(=O)CCSc1nnc2n1CCCCC2. The molecule has 2 heterocycles. The number of amides is 1. The standard InChI is InChI=1S/C14H21N5OS/c1-18(9-5-8-15)13(20)7-11-21-14-17-16-12-6-3-2-4-10-19(12)14/h2-7,9-11H2,1H3. The zero-order valence-electron chi connectivity index (χ0n) is 12.4. The van der Waals surface area contributed by atoms with Gasteiger partial charge in [-0.2, -0.15) is 5.26 Å². The minimum atomic E-state index is 0.0772. The van der Waals surface area contributed by atoms with Crippen molar-refractivity contribution in [3.8, 4) is 6.07 Å². The van der Waals surface area contributed by atoms with E-state index in [0.717, 1.165) is 23.9 Å². The summed E-state index contributed by atoms with van der Waals surface area (Å²) in [5, 5.41) is 17.9. The van der Waals surface area contributed by atoms with Crippen LogP contribution in [0.2, 0.25) is 0 Å². The molecule has 0 N–H and O–H groups in total. The first-order valence-electron chi connectivity index (χ1n) is 7.38. The molecule has 0 saturated carbocycles. The van der Waals surface area contributed by atoms with Crippen LogP contribution in [0.25, 0.3) is 0 Å². The van der Waals surface area contributed by atoms with Gasteiger partial charge in [-0.1, -0.05) is 18.2 Å². The fraction of sp³-hybridized carbons (Fsp3) is 0.714. The van der Waals surface area contributed by atoms with Gasteiger partial charge in [0.1, 0.15) is 5.82 Å². The van der Waals surface area contributed by atoms with Crippen LogP contribution >= 0.6 is 11.8 Å². The lowest BCUT2D eigenvalue weighted by Crippen LogP contribution is -2.27. The van der Waals surface area contributed by atoms with Gasteiger partial charge in [-0.05, 0) is 12.8 Å². The van der Waals surface area contributed by atoms with Crippen LogP contribution in [0.1, 0.15) is 37.9 Å². The van der Waals surface area contributed by atoms with Crippen molar-refractivity contribution >= 4 is 17.7 Å². The Bertz CT molecular complexity index is 522. The fourth-order valence-electron chi connectivity index (χ4n) is 2.33. The van der Waals surface area contributed by atoms with Crippen molar-refractivity contribution in [2.45, 2.75) is 50.2 Å². The summed E-state index contributed by atoms with van der Waals surface area (Å²) < 4.78 is 2.20. The number of carbonyl (C=O) groups excluding carboxylic acids is 1. The molecule has 6 nitrogen and oxygen atoms in total. The molecule has 1 aromatic heterocycles. The van der Waals surface area contributed by atoms with Gasteiger partial charge in [0.2, 0.25) is 5.91 Å². The van der Waals surface area contributed by atoms with E-state index >= 15 is 0 Å². The first kappa shape index (κ1) is 15.8. The Morgan fingerprint density at radius 3 is 3.10 bits per heavy atom. The number of rotatable bonds is 6. The number of aromatic nitrogens is 3. The number of fused-ring (bicyclic) bond motifs is 1. The molecule has 1 aromatic rings. The Kier molecular flexibility index (Phi) is 6.05. The molecule has 0 unspecified atom stereocenters. The van der Waals surface area contributed by atoms with E-state index in [1.54, 1.807) is 23.7 Å². The fourth-order valence-corrected chi connectivity index (χ4v) is 3.24. The van der Waals surface area contributed by atoms with Crippen molar-refractivity contribution in [3.05, 3.63) is 5.82 Å². The van der Waals surface area contributed by atoms with Gasteiger partial charge >= 0.3 is 0 Å². The predicted octanol–water partition coefficient (Wildman–Crippen LogP) is 1.86. The Balaban J connectivity index is 1.80. The van der Waals surface area contributed by atoms with Gasteiger partial charge in [0.25, 0.3) is 0 Å². The summed E-state index contributed by atoms with van der Waals surface area (Å²) in [6, 6.07) is 2.05. The summed E-state index contributed by atoms with van der Waals surface area (Å²) in [6.07, 6.45) is 5.46. The average Bonchev–Trinajstić information content (AvgIpc) is 2.72. The summed E-state index contributed by atoms with van der Waals surface area (Å²) in [6.45, 7) is 1.49. The molecule has 21 heavy (non-hydrogen) atoms. The molecule has 1 aliphatic heterocycles. The summed E-state index contributed by atoms with van der Waals surface area (Å²) in [5.41, 5.74) is 0. The van der Waals surface area contributed by atoms with Crippen molar-refractivity contribution in [1.82, 2.24) is 19.7 Å². The molecule has 0 radical (unpaired) electrons. The van der Waals surface area contributed by atoms with Crippen molar-refractivity contribution in [2.75, 3.05) is 19.3 Å². The lowest BCUT2D eigenvalue weighted by atomic mass is 10.2. The monoisotopic (exact) mass is 307 g/mol. The van der Waals surface area contributed by atoms with Crippen LogP contribution in [-0.2, 0) is 17.8 Å². The molecule has 7 heteroatoms. The van der Waals surface area contributed by atoms with E-state index in [1.165, 1.54) is 19.3 Å². The Labute approximate surface area is 129 Å². The highest BCUT2D eigenvalue weighted by atomic mass is 32.2. The zero-order chi connectivity index (χ0) is 15.1. The number of aryl methyl sites for hydroxylation is 1. The molecular weight excluding hydrogens is 286 g/mol. The molecule has 0 bridgehead atoms. The second-order valence-corrected chi connectivity index (χ2v) is 6.25. The van der Waals surface area contributed by atoms with Crippen molar-refractivity contribution < 1.29 is 4.79 Å². The molecule has 1 aliphatic rings. The average molecular weight is 307 g/mol. The maximum absolute atomic E-state index is 11.9. The molecule has 0 aromatic carbocycles. The Hall–Kier alpha value is -1.55. The van der Waals surface area contributed by atoms with Crippen LogP contribution in [-0.4, -0.2) is 44.9 Å². The van der Waals surface area contributed by atoms with E-state index in [4.69, 9.17) is 5.26 Å². The zero-order valence-corrected chi connectivity index (χ0v) is 13.2. The number of carbonyl (C=O) groups is 1. The highest BCUT2D eigenvalue weighted by Gasteiger charge is 2.15. The third-order valence-corrected chi connectivity index (χ3v) is 4.58. The Morgan fingerprint density at radius 2 is 2.29 bits per heavy atom. The number of hydrogen-bond acceptors (Lipinski definition) is 5. The van der Waals surface area contributed by atoms with Crippen LogP contribution in [0.15, 0.2) is 5.16 Å². The summed E-state index contributed by atoms with van der Waals surface area (Å²) in [7, 11) is 1.74. The number of thioether (sulfide) groups is 1. The van der Waals surface area contributed by atoms with E-state index in [2.05, 4.69) is 20.8 Å². The predicted molar refractivity (Wildman–Crippen MR) is 80.8 cm³/mol. The summed E-state index contributed by atoms with van der Waals surface area (Å²) in [4.78, 5) is 13.5. The van der Waals surface area contributed by atoms with E-state index in [-0.39, 0.29) is 5.91 Å². The quantitative estimate of drug-likeness (QED) is 0.750. The molecule has 1 amide bonds. The van der Waals surface area contributed by atoms with Crippen LogP contribution in [0.4, 0.5) is 0 Å². The van der Waals surface area contributed by atoms with E-state index in [1.807, 2.05) is 0 Å². The molecular formula is C14H21N5OS. The first-order chi connectivity index (χ1) is 10.2. The smallest absolute Gasteiger partial charge is 0.223 e. The third-order valence-electron chi connectivity index (χ3n) is 3.61. The van der Waals surface area contributed by atoms with Gasteiger partial charge in [-0.3, -0.25) is 4.79 Å². The number of hydrogen-bond donors (Lipinski definition) is 0. The highest BCUT2D eigenvalue weighted by molar-refractivity contribution is 7.99. The molecule has 2 rings (SSSR count). The lowest BCUT2D eigenvalue weighted by Gasteiger charge is -2.15. The van der Waals surface area contributed by atoms with Gasteiger partial charge in [-0.15, -0.1) is 10.2 Å². The van der Waals surface area contributed by atoms with E-state index in [9.17, 15) is 4.79 Å². The molecule has 0 atom stereocenters. The number of nitriles is 1. The second-order valence-electron chi connectivity index (χ2n) is 5.18. The molecule has 114 valence electrons. The van der Waals surface area contributed by atoms with Gasteiger partial charge in [-0.25, -0.2) is 0 Å². The summed E-state index contributed by atoms with van der Waals surface area (Å²) in [5.74, 6) is 1.86. The first-order valence-corrected chi connectivity index (χ1v) is 8.36. The van der Waals surface area contributed by atoms with Gasteiger partial charge in [0.05, 0.1) is 12.5 Å². The van der Waals surface area contributed by atoms with Gasteiger partial charge in [0, 0.05) is 38.7 Å². The topological polar surface area (TPSA) is 74.8 Å². The molecule has 0 spiro atoms. The normalized spacial score (nSPS) is 14.1. The minimum absolute atomic E-state index is 0.0772. The van der Waals surface area contributed by atoms with Crippen molar-refractivity contribution in [3.63, 3.8) is 0 Å². The van der Waals surface area contributed by atoms with Crippen molar-refractivity contribution in [1.29, 1.82) is 5.26 Å². The second kappa shape index (κ2) is 8.03. The van der Waals surface area contributed by atoms with Gasteiger partial charge in [0.15, 0.2) is 5.16 Å². The molecule has 0 aliphatic carbocycles.